The molecule has 0 aliphatic carbocycles. The van der Waals surface area contributed by atoms with E-state index in [4.69, 9.17) is 23.7 Å². The van der Waals surface area contributed by atoms with Gasteiger partial charge in [0.1, 0.15) is 0 Å². The first kappa shape index (κ1) is 25.7. The van der Waals surface area contributed by atoms with Crippen molar-refractivity contribution in [2.75, 3.05) is 5.32 Å². The Morgan fingerprint density at radius 2 is 1.30 bits per heavy atom. The maximum atomic E-state index is 12.6. The first-order valence-electron chi connectivity index (χ1n) is 11.4. The normalized spacial score (nSPS) is 22.4. The van der Waals surface area contributed by atoms with Crippen LogP contribution in [-0.2, 0) is 28.2 Å². The third-order valence-electron chi connectivity index (χ3n) is 7.18. The fraction of sp³-hybridized carbons (Fsp3) is 0.652. The highest BCUT2D eigenvalue weighted by Crippen LogP contribution is 2.38. The van der Waals surface area contributed by atoms with Crippen LogP contribution in [0.25, 0.3) is 0 Å². The Morgan fingerprint density at radius 1 is 0.818 bits per heavy atom. The predicted octanol–water partition coefficient (Wildman–Crippen LogP) is 2.48. The fourth-order valence-electron chi connectivity index (χ4n) is 3.60. The molecule has 0 unspecified atom stereocenters. The molecule has 1 aromatic rings. The van der Waals surface area contributed by atoms with Gasteiger partial charge in [-0.3, -0.25) is 9.59 Å². The van der Waals surface area contributed by atoms with E-state index in [9.17, 15) is 9.59 Å². The Hall–Kier alpha value is -1.87. The number of carbonyl (C=O) groups is 2. The van der Waals surface area contributed by atoms with Crippen molar-refractivity contribution in [2.45, 2.75) is 97.1 Å². The molecule has 0 spiro atoms. The van der Waals surface area contributed by atoms with E-state index >= 15 is 0 Å². The van der Waals surface area contributed by atoms with Crippen LogP contribution in [0.1, 0.15) is 74.7 Å². The molecule has 8 nitrogen and oxygen atoms in total. The van der Waals surface area contributed by atoms with Crippen LogP contribution in [0.4, 0.5) is 5.69 Å². The molecule has 2 fully saturated rings. The largest absolute Gasteiger partial charge is 0.496 e. The van der Waals surface area contributed by atoms with Crippen molar-refractivity contribution >= 4 is 42.7 Å². The molecule has 2 aliphatic rings. The van der Waals surface area contributed by atoms with Gasteiger partial charge in [0, 0.05) is 24.0 Å². The molecule has 2 heterocycles. The maximum Gasteiger partial charge on any atom is 0.496 e. The zero-order valence-corrected chi connectivity index (χ0v) is 20.9. The van der Waals surface area contributed by atoms with Crippen molar-refractivity contribution in [1.29, 1.82) is 0 Å². The number of carbonyl (C=O) groups excluding carboxylic acids is 1. The highest BCUT2D eigenvalue weighted by molar-refractivity contribution is 6.66. The quantitative estimate of drug-likeness (QED) is 0.604. The SMILES string of the molecule is CC1(C)OB(c2ccc(B3OC(C)(C)C(C)(C)O3)c(NC(=O)CCCC(=O)O)c2)OC1(C)C. The molecule has 10 heteroatoms. The van der Waals surface area contributed by atoms with E-state index in [1.807, 2.05) is 73.6 Å². The molecule has 0 saturated carbocycles. The van der Waals surface area contributed by atoms with Gasteiger partial charge in [0.15, 0.2) is 0 Å². The summed E-state index contributed by atoms with van der Waals surface area (Å²) in [5.74, 6) is -1.21. The number of anilines is 1. The molecule has 0 atom stereocenters. The Bertz CT molecular complexity index is 897. The summed E-state index contributed by atoms with van der Waals surface area (Å²) in [5.41, 5.74) is -0.100. The molecule has 1 aromatic carbocycles. The first-order chi connectivity index (χ1) is 15.0. The van der Waals surface area contributed by atoms with E-state index in [0.717, 1.165) is 5.46 Å². The Balaban J connectivity index is 1.90. The Kier molecular flexibility index (Phi) is 6.81. The molecule has 1 amide bonds. The summed E-state index contributed by atoms with van der Waals surface area (Å²) in [6, 6.07) is 5.57. The molecule has 3 rings (SSSR count). The number of benzene rings is 1. The van der Waals surface area contributed by atoms with Crippen LogP contribution >= 0.6 is 0 Å². The Morgan fingerprint density at radius 3 is 1.79 bits per heavy atom. The second-order valence-electron chi connectivity index (χ2n) is 10.8. The molecular formula is C23H35B2NO7. The lowest BCUT2D eigenvalue weighted by Crippen LogP contribution is -2.41. The van der Waals surface area contributed by atoms with Crippen molar-refractivity contribution < 1.29 is 33.3 Å². The number of hydrogen-bond donors (Lipinski definition) is 2. The standard InChI is InChI=1S/C23H35B2NO7/c1-20(2)21(3,4)31-24(30-20)15-12-13-16(25-32-22(5,6)23(7,8)33-25)17(14-15)26-18(27)10-9-11-19(28)29/h12-14H,9-11H2,1-8H3,(H,26,27)(H,28,29). The minimum Gasteiger partial charge on any atom is -0.481 e. The van der Waals surface area contributed by atoms with E-state index in [1.165, 1.54) is 0 Å². The van der Waals surface area contributed by atoms with Crippen LogP contribution in [-0.4, -0.2) is 53.6 Å². The zero-order valence-electron chi connectivity index (χ0n) is 20.9. The van der Waals surface area contributed by atoms with Crippen molar-refractivity contribution in [3.63, 3.8) is 0 Å². The van der Waals surface area contributed by atoms with Gasteiger partial charge in [-0.05, 0) is 73.3 Å². The van der Waals surface area contributed by atoms with Crippen molar-refractivity contribution in [3.8, 4) is 0 Å². The number of nitrogens with one attached hydrogen (secondary N) is 1. The van der Waals surface area contributed by atoms with Gasteiger partial charge in [0.2, 0.25) is 5.91 Å². The van der Waals surface area contributed by atoms with Gasteiger partial charge in [0.25, 0.3) is 0 Å². The van der Waals surface area contributed by atoms with Gasteiger partial charge in [-0.1, -0.05) is 12.1 Å². The average Bonchev–Trinajstić information content (AvgIpc) is 3.00. The molecule has 0 bridgehead atoms. The lowest BCUT2D eigenvalue weighted by atomic mass is 9.72. The highest BCUT2D eigenvalue weighted by atomic mass is 16.7. The van der Waals surface area contributed by atoms with Gasteiger partial charge >= 0.3 is 20.2 Å². The van der Waals surface area contributed by atoms with Crippen molar-refractivity contribution in [1.82, 2.24) is 0 Å². The summed E-state index contributed by atoms with van der Waals surface area (Å²) in [6.07, 6.45) is 0.283. The number of aliphatic carboxylic acids is 1. The molecule has 180 valence electrons. The van der Waals surface area contributed by atoms with Crippen LogP contribution in [0, 0.1) is 0 Å². The predicted molar refractivity (Wildman–Crippen MR) is 128 cm³/mol. The molecule has 33 heavy (non-hydrogen) atoms. The van der Waals surface area contributed by atoms with Crippen LogP contribution in [0.15, 0.2) is 18.2 Å². The van der Waals surface area contributed by atoms with Gasteiger partial charge in [-0.15, -0.1) is 0 Å². The Labute approximate surface area is 197 Å². The zero-order chi connectivity index (χ0) is 24.8. The molecule has 2 N–H and O–H groups in total. The van der Waals surface area contributed by atoms with E-state index < -0.39 is 42.6 Å². The summed E-state index contributed by atoms with van der Waals surface area (Å²) >= 11 is 0. The van der Waals surface area contributed by atoms with Gasteiger partial charge in [-0.2, -0.15) is 0 Å². The van der Waals surface area contributed by atoms with E-state index in [0.29, 0.717) is 11.2 Å². The van der Waals surface area contributed by atoms with Crippen molar-refractivity contribution in [3.05, 3.63) is 18.2 Å². The van der Waals surface area contributed by atoms with Crippen LogP contribution < -0.4 is 16.2 Å². The number of amides is 1. The average molecular weight is 459 g/mol. The van der Waals surface area contributed by atoms with Crippen molar-refractivity contribution in [2.24, 2.45) is 0 Å². The topological polar surface area (TPSA) is 103 Å². The fourth-order valence-corrected chi connectivity index (χ4v) is 3.60. The molecule has 0 radical (unpaired) electrons. The summed E-state index contributed by atoms with van der Waals surface area (Å²) in [6.45, 7) is 15.8. The second-order valence-corrected chi connectivity index (χ2v) is 10.8. The van der Waals surface area contributed by atoms with E-state index in [2.05, 4.69) is 5.32 Å². The lowest BCUT2D eigenvalue weighted by molar-refractivity contribution is -0.137. The molecule has 0 aromatic heterocycles. The number of hydrogen-bond acceptors (Lipinski definition) is 6. The third-order valence-corrected chi connectivity index (χ3v) is 7.18. The monoisotopic (exact) mass is 459 g/mol. The van der Waals surface area contributed by atoms with Gasteiger partial charge < -0.3 is 29.0 Å². The van der Waals surface area contributed by atoms with Crippen LogP contribution in [0.5, 0.6) is 0 Å². The van der Waals surface area contributed by atoms with E-state index in [-0.39, 0.29) is 25.2 Å². The summed E-state index contributed by atoms with van der Waals surface area (Å²) in [7, 11) is -1.26. The highest BCUT2D eigenvalue weighted by Gasteiger charge is 2.54. The molecule has 2 saturated heterocycles. The number of carboxylic acids is 1. The molecule has 2 aliphatic heterocycles. The first-order valence-corrected chi connectivity index (χ1v) is 11.4. The molecular weight excluding hydrogens is 424 g/mol. The third kappa shape index (κ3) is 5.29. The maximum absolute atomic E-state index is 12.6. The van der Waals surface area contributed by atoms with Crippen LogP contribution in [0.3, 0.4) is 0 Å². The second kappa shape index (κ2) is 8.73. The van der Waals surface area contributed by atoms with E-state index in [1.54, 1.807) is 0 Å². The summed E-state index contributed by atoms with van der Waals surface area (Å²) in [5, 5.41) is 11.8. The lowest BCUT2D eigenvalue weighted by Gasteiger charge is -2.32. The minimum absolute atomic E-state index is 0.0640. The van der Waals surface area contributed by atoms with Gasteiger partial charge in [0.05, 0.1) is 22.4 Å². The number of carboxylic acid groups (broad SMARTS) is 1. The summed E-state index contributed by atoms with van der Waals surface area (Å²) < 4.78 is 24.7. The smallest absolute Gasteiger partial charge is 0.481 e. The summed E-state index contributed by atoms with van der Waals surface area (Å²) in [4.78, 5) is 23.4. The van der Waals surface area contributed by atoms with Gasteiger partial charge in [-0.25, -0.2) is 0 Å². The van der Waals surface area contributed by atoms with Crippen LogP contribution in [0.2, 0.25) is 0 Å². The number of rotatable bonds is 7. The minimum atomic E-state index is -0.927.